The highest BCUT2D eigenvalue weighted by Gasteiger charge is 2.19. The van der Waals surface area contributed by atoms with Crippen molar-refractivity contribution in [3.05, 3.63) is 53.6 Å². The van der Waals surface area contributed by atoms with Gasteiger partial charge < -0.3 is 9.84 Å². The summed E-state index contributed by atoms with van der Waals surface area (Å²) in [4.78, 5) is 10.5. The Morgan fingerprint density at radius 2 is 1.78 bits per heavy atom. The molecule has 0 aliphatic heterocycles. The summed E-state index contributed by atoms with van der Waals surface area (Å²) < 4.78 is 34.0. The zero-order chi connectivity index (χ0) is 19.2. The number of rotatable bonds is 8. The van der Waals surface area contributed by atoms with E-state index >= 15 is 0 Å². The van der Waals surface area contributed by atoms with Crippen LogP contribution in [0.1, 0.15) is 44.1 Å². The number of aliphatic carboxylic acids is 1. The molecule has 0 heterocycles. The number of ether oxygens (including phenoxy) is 1. The van der Waals surface area contributed by atoms with Crippen LogP contribution < -0.4 is 4.74 Å². The molecule has 0 spiro atoms. The van der Waals surface area contributed by atoms with Crippen molar-refractivity contribution in [3.8, 4) is 16.9 Å². The van der Waals surface area contributed by atoms with E-state index in [9.17, 15) is 13.6 Å². The lowest BCUT2D eigenvalue weighted by Crippen LogP contribution is -2.05. The summed E-state index contributed by atoms with van der Waals surface area (Å²) >= 11 is 0. The normalized spacial score (nSPS) is 14.4. The maximum absolute atomic E-state index is 14.4. The van der Waals surface area contributed by atoms with E-state index in [-0.39, 0.29) is 19.4 Å². The Morgan fingerprint density at radius 1 is 1.11 bits per heavy atom. The molecule has 0 atom stereocenters. The van der Waals surface area contributed by atoms with Crippen LogP contribution in [-0.2, 0) is 11.2 Å². The van der Waals surface area contributed by atoms with Crippen LogP contribution in [0.2, 0.25) is 0 Å². The predicted octanol–water partition coefficient (Wildman–Crippen LogP) is 5.61. The van der Waals surface area contributed by atoms with Gasteiger partial charge in [-0.2, -0.15) is 0 Å². The molecule has 0 bridgehead atoms. The summed E-state index contributed by atoms with van der Waals surface area (Å²) in [5, 5.41) is 8.61. The minimum absolute atomic E-state index is 0.0439. The summed E-state index contributed by atoms with van der Waals surface area (Å²) in [6.45, 7) is -0.0439. The third-order valence-electron chi connectivity index (χ3n) is 5.09. The second-order valence-electron chi connectivity index (χ2n) is 7.13. The van der Waals surface area contributed by atoms with Crippen molar-refractivity contribution in [2.24, 2.45) is 5.92 Å². The number of carboxylic acids is 1. The van der Waals surface area contributed by atoms with Gasteiger partial charge in [-0.15, -0.1) is 0 Å². The van der Waals surface area contributed by atoms with E-state index in [4.69, 9.17) is 9.84 Å². The van der Waals surface area contributed by atoms with E-state index in [1.165, 1.54) is 37.8 Å². The Labute approximate surface area is 158 Å². The Hall–Kier alpha value is -2.43. The molecule has 144 valence electrons. The third-order valence-corrected chi connectivity index (χ3v) is 5.09. The lowest BCUT2D eigenvalue weighted by molar-refractivity contribution is -0.137. The van der Waals surface area contributed by atoms with Gasteiger partial charge in [-0.1, -0.05) is 49.9 Å². The van der Waals surface area contributed by atoms with Crippen LogP contribution in [0.15, 0.2) is 36.4 Å². The largest absolute Gasteiger partial charge is 0.488 e. The van der Waals surface area contributed by atoms with Crippen LogP contribution in [0.4, 0.5) is 8.78 Å². The minimum atomic E-state index is -0.964. The maximum atomic E-state index is 14.4. The van der Waals surface area contributed by atoms with Crippen molar-refractivity contribution in [1.29, 1.82) is 0 Å². The minimum Gasteiger partial charge on any atom is -0.488 e. The molecule has 1 fully saturated rings. The van der Waals surface area contributed by atoms with Crippen LogP contribution in [-0.4, -0.2) is 17.7 Å². The Bertz CT molecular complexity index is 775. The number of hydrogen-bond donors (Lipinski definition) is 1. The highest BCUT2D eigenvalue weighted by molar-refractivity contribution is 5.68. The van der Waals surface area contributed by atoms with Crippen molar-refractivity contribution in [3.63, 3.8) is 0 Å². The summed E-state index contributed by atoms with van der Waals surface area (Å²) in [5.74, 6) is -2.31. The molecule has 3 rings (SSSR count). The molecule has 27 heavy (non-hydrogen) atoms. The van der Waals surface area contributed by atoms with Gasteiger partial charge in [0.1, 0.15) is 0 Å². The first-order chi connectivity index (χ1) is 13.0. The van der Waals surface area contributed by atoms with E-state index in [1.807, 2.05) is 24.3 Å². The fraction of sp³-hybridized carbons (Fsp3) is 0.409. The van der Waals surface area contributed by atoms with Gasteiger partial charge in [0.2, 0.25) is 0 Å². The first-order valence-electron chi connectivity index (χ1n) is 9.46. The Balaban J connectivity index is 1.78. The van der Waals surface area contributed by atoms with Crippen LogP contribution in [0.25, 0.3) is 11.1 Å². The highest BCUT2D eigenvalue weighted by Crippen LogP contribution is 2.34. The van der Waals surface area contributed by atoms with Crippen molar-refractivity contribution in [1.82, 2.24) is 0 Å². The van der Waals surface area contributed by atoms with E-state index < -0.39 is 23.4 Å². The van der Waals surface area contributed by atoms with Crippen molar-refractivity contribution in [2.75, 3.05) is 6.61 Å². The Morgan fingerprint density at radius 3 is 2.44 bits per heavy atom. The van der Waals surface area contributed by atoms with Crippen molar-refractivity contribution >= 4 is 5.97 Å². The summed E-state index contributed by atoms with van der Waals surface area (Å²) in [6, 6.07) is 10.3. The second-order valence-corrected chi connectivity index (χ2v) is 7.13. The van der Waals surface area contributed by atoms with E-state index in [0.717, 1.165) is 17.5 Å². The molecule has 0 aromatic heterocycles. The lowest BCUT2D eigenvalue weighted by Gasteiger charge is -2.15. The van der Waals surface area contributed by atoms with E-state index in [0.29, 0.717) is 11.5 Å². The van der Waals surface area contributed by atoms with Crippen LogP contribution in [0, 0.1) is 17.6 Å². The molecule has 0 radical (unpaired) electrons. The number of benzene rings is 2. The first-order valence-corrected chi connectivity index (χ1v) is 9.46. The van der Waals surface area contributed by atoms with Crippen LogP contribution >= 0.6 is 0 Å². The van der Waals surface area contributed by atoms with Gasteiger partial charge >= 0.3 is 5.97 Å². The van der Waals surface area contributed by atoms with E-state index in [1.54, 1.807) is 0 Å². The maximum Gasteiger partial charge on any atom is 0.303 e. The lowest BCUT2D eigenvalue weighted by atomic mass is 9.91. The van der Waals surface area contributed by atoms with Crippen LogP contribution in [0.5, 0.6) is 5.75 Å². The molecule has 3 nitrogen and oxygen atoms in total. The van der Waals surface area contributed by atoms with Gasteiger partial charge in [0.15, 0.2) is 17.4 Å². The molecule has 1 N–H and O–H groups in total. The molecule has 0 saturated heterocycles. The topological polar surface area (TPSA) is 46.5 Å². The van der Waals surface area contributed by atoms with Gasteiger partial charge in [0.05, 0.1) is 6.61 Å². The monoisotopic (exact) mass is 374 g/mol. The number of carbonyl (C=O) groups is 1. The summed E-state index contributed by atoms with van der Waals surface area (Å²) in [6.07, 6.45) is 5.94. The van der Waals surface area contributed by atoms with Gasteiger partial charge in [-0.05, 0) is 47.6 Å². The molecule has 0 amide bonds. The smallest absolute Gasteiger partial charge is 0.303 e. The SMILES string of the molecule is O=C(O)CCCOc1c(F)cc(-c2ccccc2CC2CCCC2)cc1F. The van der Waals surface area contributed by atoms with Gasteiger partial charge in [0, 0.05) is 6.42 Å². The zero-order valence-corrected chi connectivity index (χ0v) is 15.2. The molecular weight excluding hydrogens is 350 g/mol. The molecule has 1 aliphatic rings. The van der Waals surface area contributed by atoms with Crippen LogP contribution in [0.3, 0.4) is 0 Å². The highest BCUT2D eigenvalue weighted by atomic mass is 19.1. The molecule has 0 unspecified atom stereocenters. The van der Waals surface area contributed by atoms with Gasteiger partial charge in [-0.3, -0.25) is 4.79 Å². The number of halogens is 2. The first kappa shape index (κ1) is 19.3. The Kier molecular flexibility index (Phi) is 6.43. The summed E-state index contributed by atoms with van der Waals surface area (Å²) in [7, 11) is 0. The molecule has 1 saturated carbocycles. The fourth-order valence-electron chi connectivity index (χ4n) is 3.76. The predicted molar refractivity (Wildman–Crippen MR) is 99.8 cm³/mol. The average Bonchev–Trinajstić information content (AvgIpc) is 3.13. The molecular formula is C22H24F2O3. The molecule has 2 aromatic carbocycles. The fourth-order valence-corrected chi connectivity index (χ4v) is 3.76. The van der Waals surface area contributed by atoms with Crippen molar-refractivity contribution in [2.45, 2.75) is 44.9 Å². The number of carboxylic acid groups (broad SMARTS) is 1. The molecule has 5 heteroatoms. The zero-order valence-electron chi connectivity index (χ0n) is 15.2. The number of hydrogen-bond acceptors (Lipinski definition) is 2. The van der Waals surface area contributed by atoms with E-state index in [2.05, 4.69) is 0 Å². The summed E-state index contributed by atoms with van der Waals surface area (Å²) in [5.41, 5.74) is 2.45. The quantitative estimate of drug-likeness (QED) is 0.611. The second kappa shape index (κ2) is 8.98. The third kappa shape index (κ3) is 5.06. The molecule has 1 aliphatic carbocycles. The average molecular weight is 374 g/mol. The molecule has 2 aromatic rings. The van der Waals surface area contributed by atoms with Gasteiger partial charge in [-0.25, -0.2) is 8.78 Å². The van der Waals surface area contributed by atoms with Gasteiger partial charge in [0.25, 0.3) is 0 Å². The van der Waals surface area contributed by atoms with Crippen molar-refractivity contribution < 1.29 is 23.4 Å². The standard InChI is InChI=1S/C22H24F2O3/c23-19-13-17(14-20(24)22(19)27-11-5-10-21(25)26)18-9-4-3-8-16(18)12-15-6-1-2-7-15/h3-4,8-9,13-15H,1-2,5-7,10-12H2,(H,25,26).